The van der Waals surface area contributed by atoms with E-state index in [9.17, 15) is 9.59 Å². The van der Waals surface area contributed by atoms with E-state index in [-0.39, 0.29) is 22.2 Å². The number of aliphatic carboxylic acids is 1. The van der Waals surface area contributed by atoms with Crippen LogP contribution in [0.2, 0.25) is 5.28 Å². The van der Waals surface area contributed by atoms with Gasteiger partial charge in [0.1, 0.15) is 5.82 Å². The van der Waals surface area contributed by atoms with E-state index in [2.05, 4.69) is 15.3 Å². The molecule has 0 saturated carbocycles. The minimum absolute atomic E-state index is 0.000566. The van der Waals surface area contributed by atoms with Crippen LogP contribution in [-0.4, -0.2) is 27.0 Å². The van der Waals surface area contributed by atoms with Crippen LogP contribution >= 0.6 is 11.6 Å². The summed E-state index contributed by atoms with van der Waals surface area (Å²) in [7, 11) is 0. The van der Waals surface area contributed by atoms with Crippen LogP contribution in [0.3, 0.4) is 0 Å². The van der Waals surface area contributed by atoms with Gasteiger partial charge in [-0.3, -0.25) is 4.79 Å². The van der Waals surface area contributed by atoms with E-state index in [0.717, 1.165) is 0 Å². The first kappa shape index (κ1) is 13.1. The van der Waals surface area contributed by atoms with E-state index in [1.165, 1.54) is 26.1 Å². The highest BCUT2D eigenvalue weighted by Gasteiger charge is 2.13. The van der Waals surface area contributed by atoms with E-state index >= 15 is 0 Å². The predicted molar refractivity (Wildman–Crippen MR) is 61.7 cm³/mol. The fourth-order valence-electron chi connectivity index (χ4n) is 0.945. The van der Waals surface area contributed by atoms with Crippen molar-refractivity contribution < 1.29 is 14.7 Å². The Morgan fingerprint density at radius 1 is 1.35 bits per heavy atom. The lowest BCUT2D eigenvalue weighted by Crippen LogP contribution is -2.17. The minimum atomic E-state index is -1.14. The molecule has 0 aliphatic heterocycles. The largest absolute Gasteiger partial charge is 0.478 e. The molecule has 7 heteroatoms. The molecule has 6 nitrogen and oxygen atoms in total. The summed E-state index contributed by atoms with van der Waals surface area (Å²) >= 11 is 5.54. The Labute approximate surface area is 102 Å². The van der Waals surface area contributed by atoms with Gasteiger partial charge in [-0.15, -0.1) is 0 Å². The van der Waals surface area contributed by atoms with Crippen molar-refractivity contribution in [1.82, 2.24) is 9.97 Å². The molecule has 1 amide bonds. The van der Waals surface area contributed by atoms with Gasteiger partial charge in [0, 0.05) is 17.3 Å². The van der Waals surface area contributed by atoms with Gasteiger partial charge in [0.15, 0.2) is 0 Å². The number of carbonyl (C=O) groups excluding carboxylic acids is 1. The van der Waals surface area contributed by atoms with Gasteiger partial charge in [0.2, 0.25) is 5.28 Å². The normalized spacial score (nSPS) is 11.7. The Morgan fingerprint density at radius 3 is 2.53 bits per heavy atom. The van der Waals surface area contributed by atoms with Crippen molar-refractivity contribution in [2.45, 2.75) is 13.8 Å². The molecule has 17 heavy (non-hydrogen) atoms. The highest BCUT2D eigenvalue weighted by atomic mass is 35.5. The summed E-state index contributed by atoms with van der Waals surface area (Å²) in [6.07, 6.45) is 1.38. The Bertz CT molecular complexity index is 499. The van der Waals surface area contributed by atoms with Crippen molar-refractivity contribution in [3.8, 4) is 0 Å². The summed E-state index contributed by atoms with van der Waals surface area (Å²) in [4.78, 5) is 29.7. The molecule has 0 unspecified atom stereocenters. The molecule has 90 valence electrons. The van der Waals surface area contributed by atoms with Gasteiger partial charge >= 0.3 is 5.97 Å². The zero-order chi connectivity index (χ0) is 13.0. The van der Waals surface area contributed by atoms with Gasteiger partial charge in [-0.1, -0.05) is 0 Å². The van der Waals surface area contributed by atoms with Crippen molar-refractivity contribution in [1.29, 1.82) is 0 Å². The fourth-order valence-corrected chi connectivity index (χ4v) is 1.09. The summed E-state index contributed by atoms with van der Waals surface area (Å²) in [5.74, 6) is -1.47. The number of halogens is 1. The second kappa shape index (κ2) is 5.40. The molecule has 1 heterocycles. The topological polar surface area (TPSA) is 92.2 Å². The van der Waals surface area contributed by atoms with Crippen LogP contribution in [-0.2, 0) is 9.59 Å². The number of amides is 1. The number of carboxylic acids is 1. The first-order chi connectivity index (χ1) is 7.91. The Kier molecular flexibility index (Phi) is 4.17. The Balaban J connectivity index is 2.87. The van der Waals surface area contributed by atoms with Crippen molar-refractivity contribution in [2.24, 2.45) is 0 Å². The average Bonchev–Trinajstić information content (AvgIpc) is 2.26. The number of carboxylic acid groups (broad SMARTS) is 1. The molecule has 1 aromatic heterocycles. The lowest BCUT2D eigenvalue weighted by Gasteiger charge is -2.05. The molecule has 2 N–H and O–H groups in total. The van der Waals surface area contributed by atoms with E-state index in [1.54, 1.807) is 0 Å². The Morgan fingerprint density at radius 2 is 2.00 bits per heavy atom. The van der Waals surface area contributed by atoms with E-state index in [1.807, 2.05) is 0 Å². The van der Waals surface area contributed by atoms with E-state index < -0.39 is 11.9 Å². The van der Waals surface area contributed by atoms with Gasteiger partial charge in [-0.2, -0.15) is 0 Å². The summed E-state index contributed by atoms with van der Waals surface area (Å²) in [5, 5.41) is 11.1. The monoisotopic (exact) mass is 255 g/mol. The SMILES string of the molecule is C/C(C(=O)O)=C(/C)C(=O)Nc1ccnc(Cl)n1. The van der Waals surface area contributed by atoms with Crippen LogP contribution in [0.15, 0.2) is 23.4 Å². The number of nitrogens with one attached hydrogen (secondary N) is 1. The maximum Gasteiger partial charge on any atom is 0.331 e. The molecule has 0 spiro atoms. The van der Waals surface area contributed by atoms with Crippen molar-refractivity contribution >= 4 is 29.3 Å². The number of nitrogens with zero attached hydrogens (tertiary/aromatic N) is 2. The van der Waals surface area contributed by atoms with Gasteiger partial charge in [-0.25, -0.2) is 14.8 Å². The van der Waals surface area contributed by atoms with Crippen LogP contribution < -0.4 is 5.32 Å². The van der Waals surface area contributed by atoms with Crippen LogP contribution in [0.1, 0.15) is 13.8 Å². The van der Waals surface area contributed by atoms with Gasteiger partial charge in [0.25, 0.3) is 5.91 Å². The van der Waals surface area contributed by atoms with Crippen molar-refractivity contribution in [3.05, 3.63) is 28.7 Å². The predicted octanol–water partition coefficient (Wildman–Crippen LogP) is 1.49. The molecule has 0 bridgehead atoms. The maximum absolute atomic E-state index is 11.6. The fraction of sp³-hybridized carbons (Fsp3) is 0.200. The molecule has 0 aliphatic rings. The molecule has 0 radical (unpaired) electrons. The Hall–Kier alpha value is -1.95. The molecule has 1 rings (SSSR count). The highest BCUT2D eigenvalue weighted by molar-refractivity contribution is 6.28. The molecule has 0 aromatic carbocycles. The zero-order valence-electron chi connectivity index (χ0n) is 9.19. The number of aromatic nitrogens is 2. The molecule has 0 atom stereocenters. The van der Waals surface area contributed by atoms with Crippen molar-refractivity contribution in [2.75, 3.05) is 5.32 Å². The second-order valence-electron chi connectivity index (χ2n) is 3.22. The third-order valence-corrected chi connectivity index (χ3v) is 2.27. The summed E-state index contributed by atoms with van der Waals surface area (Å²) in [6.45, 7) is 2.77. The number of rotatable bonds is 3. The van der Waals surface area contributed by atoms with Crippen LogP contribution in [0, 0.1) is 0 Å². The third-order valence-electron chi connectivity index (χ3n) is 2.09. The molecular formula is C10H10ClN3O3. The van der Waals surface area contributed by atoms with E-state index in [0.29, 0.717) is 0 Å². The number of hydrogen-bond donors (Lipinski definition) is 2. The molecule has 1 aromatic rings. The number of carbonyl (C=O) groups is 2. The first-order valence-electron chi connectivity index (χ1n) is 4.62. The maximum atomic E-state index is 11.6. The van der Waals surface area contributed by atoms with Crippen LogP contribution in [0.4, 0.5) is 5.82 Å². The molecule has 0 saturated heterocycles. The zero-order valence-corrected chi connectivity index (χ0v) is 9.95. The van der Waals surface area contributed by atoms with Gasteiger partial charge < -0.3 is 10.4 Å². The highest BCUT2D eigenvalue weighted by Crippen LogP contribution is 2.10. The number of anilines is 1. The first-order valence-corrected chi connectivity index (χ1v) is 5.00. The standard InChI is InChI=1S/C10H10ClN3O3/c1-5(6(2)9(16)17)8(15)13-7-3-4-12-10(11)14-7/h3-4H,1-2H3,(H,16,17)(H,12,13,14,15)/b6-5+. The molecule has 0 aliphatic carbocycles. The summed E-state index contributed by atoms with van der Waals surface area (Å²) in [5.41, 5.74) is 0.0786. The van der Waals surface area contributed by atoms with Gasteiger partial charge in [-0.05, 0) is 31.5 Å². The quantitative estimate of drug-likeness (QED) is 0.631. The van der Waals surface area contributed by atoms with Gasteiger partial charge in [0.05, 0.1) is 0 Å². The third kappa shape index (κ3) is 3.53. The van der Waals surface area contributed by atoms with E-state index in [4.69, 9.17) is 16.7 Å². The molecule has 0 fully saturated rings. The molecular weight excluding hydrogens is 246 g/mol. The smallest absolute Gasteiger partial charge is 0.331 e. The second-order valence-corrected chi connectivity index (χ2v) is 3.56. The van der Waals surface area contributed by atoms with Crippen molar-refractivity contribution in [3.63, 3.8) is 0 Å². The average molecular weight is 256 g/mol. The minimum Gasteiger partial charge on any atom is -0.478 e. The lowest BCUT2D eigenvalue weighted by molar-refractivity contribution is -0.133. The van der Waals surface area contributed by atoms with Crippen LogP contribution in [0.25, 0.3) is 0 Å². The summed E-state index contributed by atoms with van der Waals surface area (Å²) in [6, 6.07) is 1.45. The number of hydrogen-bond acceptors (Lipinski definition) is 4. The van der Waals surface area contributed by atoms with Crippen LogP contribution in [0.5, 0.6) is 0 Å². The summed E-state index contributed by atoms with van der Waals surface area (Å²) < 4.78 is 0. The lowest BCUT2D eigenvalue weighted by atomic mass is 10.1.